The first-order chi connectivity index (χ1) is 4.75. The molecule has 0 amide bonds. The van der Waals surface area contributed by atoms with E-state index >= 15 is 0 Å². The van der Waals surface area contributed by atoms with Crippen LogP contribution in [0.2, 0.25) is 0 Å². The molecule has 2 heteroatoms. The monoisotopic (exact) mass is 144 g/mol. The summed E-state index contributed by atoms with van der Waals surface area (Å²) in [6, 6.07) is 0. The second-order valence-electron chi connectivity index (χ2n) is 3.14. The first kappa shape index (κ1) is 8.02. The van der Waals surface area contributed by atoms with Gasteiger partial charge in [0.25, 0.3) is 0 Å². The Balaban J connectivity index is 2.61. The summed E-state index contributed by atoms with van der Waals surface area (Å²) in [6.45, 7) is 5.24. The van der Waals surface area contributed by atoms with Gasteiger partial charge in [-0.05, 0) is 19.8 Å². The molecule has 1 fully saturated rings. The average Bonchev–Trinajstić information content (AvgIpc) is 2.32. The van der Waals surface area contributed by atoms with E-state index in [4.69, 9.17) is 9.84 Å². The van der Waals surface area contributed by atoms with Crippen molar-refractivity contribution in [1.82, 2.24) is 0 Å². The molecule has 0 aromatic rings. The third kappa shape index (κ3) is 1.06. The number of hydrogen-bond donors (Lipinski definition) is 1. The number of hydrogen-bond acceptors (Lipinski definition) is 2. The first-order valence-corrected chi connectivity index (χ1v) is 3.97. The summed E-state index contributed by atoms with van der Waals surface area (Å²) in [5, 5.41) is 9.11. The highest BCUT2D eigenvalue weighted by molar-refractivity contribution is 4.87. The van der Waals surface area contributed by atoms with Crippen molar-refractivity contribution in [3.05, 3.63) is 0 Å². The summed E-state index contributed by atoms with van der Waals surface area (Å²) in [6.07, 6.45) is 2.27. The van der Waals surface area contributed by atoms with Gasteiger partial charge in [-0.15, -0.1) is 0 Å². The van der Waals surface area contributed by atoms with Crippen molar-refractivity contribution in [3.63, 3.8) is 0 Å². The zero-order chi connectivity index (χ0) is 7.61. The van der Waals surface area contributed by atoms with E-state index in [1.54, 1.807) is 0 Å². The fraction of sp³-hybridized carbons (Fsp3) is 1.00. The van der Waals surface area contributed by atoms with Gasteiger partial charge in [0, 0.05) is 12.0 Å². The van der Waals surface area contributed by atoms with Crippen molar-refractivity contribution in [3.8, 4) is 0 Å². The molecule has 0 saturated carbocycles. The normalized spacial score (nSPS) is 40.5. The first-order valence-electron chi connectivity index (χ1n) is 3.97. The van der Waals surface area contributed by atoms with Gasteiger partial charge in [-0.1, -0.05) is 6.92 Å². The smallest absolute Gasteiger partial charge is 0.0625 e. The number of rotatable bonds is 2. The van der Waals surface area contributed by atoms with Crippen molar-refractivity contribution in [2.75, 3.05) is 13.2 Å². The van der Waals surface area contributed by atoms with E-state index in [1.165, 1.54) is 0 Å². The third-order valence-corrected chi connectivity index (χ3v) is 2.85. The Hall–Kier alpha value is -0.0800. The van der Waals surface area contributed by atoms with Crippen molar-refractivity contribution < 1.29 is 9.84 Å². The Morgan fingerprint density at radius 3 is 2.60 bits per heavy atom. The lowest BCUT2D eigenvalue weighted by atomic mass is 9.80. The Kier molecular flexibility index (Phi) is 2.32. The van der Waals surface area contributed by atoms with E-state index in [0.29, 0.717) is 0 Å². The molecular weight excluding hydrogens is 128 g/mol. The Labute approximate surface area is 62.2 Å². The van der Waals surface area contributed by atoms with E-state index < -0.39 is 0 Å². The zero-order valence-corrected chi connectivity index (χ0v) is 6.76. The van der Waals surface area contributed by atoms with E-state index in [9.17, 15) is 0 Å². The highest BCUT2D eigenvalue weighted by Crippen LogP contribution is 2.37. The number of aliphatic hydroxyl groups excluding tert-OH is 1. The third-order valence-electron chi connectivity index (χ3n) is 2.85. The average molecular weight is 144 g/mol. The fourth-order valence-corrected chi connectivity index (χ4v) is 1.60. The molecule has 2 unspecified atom stereocenters. The lowest BCUT2D eigenvalue weighted by Crippen LogP contribution is -2.31. The van der Waals surface area contributed by atoms with Gasteiger partial charge in [0.15, 0.2) is 0 Å². The molecule has 1 saturated heterocycles. The molecule has 0 aromatic carbocycles. The van der Waals surface area contributed by atoms with Gasteiger partial charge in [0.05, 0.1) is 12.7 Å². The molecule has 0 spiro atoms. The minimum absolute atomic E-state index is 0.0694. The van der Waals surface area contributed by atoms with Crippen LogP contribution in [0.25, 0.3) is 0 Å². The van der Waals surface area contributed by atoms with Crippen LogP contribution in [0, 0.1) is 5.41 Å². The van der Waals surface area contributed by atoms with Gasteiger partial charge < -0.3 is 9.84 Å². The molecule has 2 nitrogen and oxygen atoms in total. The van der Waals surface area contributed by atoms with Crippen LogP contribution < -0.4 is 0 Å². The molecule has 1 aliphatic heterocycles. The summed E-state index contributed by atoms with van der Waals surface area (Å²) in [5.41, 5.74) is 0.0694. The summed E-state index contributed by atoms with van der Waals surface area (Å²) in [5.74, 6) is 0. The van der Waals surface area contributed by atoms with Crippen molar-refractivity contribution in [1.29, 1.82) is 0 Å². The quantitative estimate of drug-likeness (QED) is 0.630. The molecule has 0 bridgehead atoms. The maximum atomic E-state index is 9.11. The second-order valence-corrected chi connectivity index (χ2v) is 3.14. The van der Waals surface area contributed by atoms with Crippen molar-refractivity contribution in [2.24, 2.45) is 5.41 Å². The molecule has 0 radical (unpaired) electrons. The molecule has 2 atom stereocenters. The van der Waals surface area contributed by atoms with Crippen LogP contribution in [-0.4, -0.2) is 24.4 Å². The van der Waals surface area contributed by atoms with Crippen LogP contribution in [0.15, 0.2) is 0 Å². The van der Waals surface area contributed by atoms with Gasteiger partial charge in [-0.3, -0.25) is 0 Å². The summed E-state index contributed by atoms with van der Waals surface area (Å²) in [7, 11) is 0. The molecule has 1 heterocycles. The van der Waals surface area contributed by atoms with Gasteiger partial charge in [-0.25, -0.2) is 0 Å². The largest absolute Gasteiger partial charge is 0.396 e. The van der Waals surface area contributed by atoms with Crippen LogP contribution in [-0.2, 0) is 4.74 Å². The van der Waals surface area contributed by atoms with Gasteiger partial charge in [-0.2, -0.15) is 0 Å². The summed E-state index contributed by atoms with van der Waals surface area (Å²) < 4.78 is 5.39. The lowest BCUT2D eigenvalue weighted by Gasteiger charge is -2.27. The van der Waals surface area contributed by atoms with E-state index in [2.05, 4.69) is 6.92 Å². The molecule has 10 heavy (non-hydrogen) atoms. The minimum atomic E-state index is 0.0694. The number of ether oxygens (including phenoxy) is 1. The molecule has 1 aliphatic rings. The summed E-state index contributed by atoms with van der Waals surface area (Å²) in [4.78, 5) is 0. The van der Waals surface area contributed by atoms with Crippen molar-refractivity contribution in [2.45, 2.75) is 32.8 Å². The molecule has 60 valence electrons. The van der Waals surface area contributed by atoms with Crippen LogP contribution in [0.3, 0.4) is 0 Å². The molecule has 1 N–H and O–H groups in total. The number of aliphatic hydroxyl groups is 1. The highest BCUT2D eigenvalue weighted by atomic mass is 16.5. The molecule has 1 rings (SSSR count). The minimum Gasteiger partial charge on any atom is -0.396 e. The maximum absolute atomic E-state index is 9.11. The predicted octanol–water partition coefficient (Wildman–Crippen LogP) is 1.18. The van der Waals surface area contributed by atoms with Gasteiger partial charge in [0.2, 0.25) is 0 Å². The van der Waals surface area contributed by atoms with E-state index in [1.807, 2.05) is 6.92 Å². The molecule has 0 aliphatic carbocycles. The lowest BCUT2D eigenvalue weighted by molar-refractivity contribution is 0.0248. The van der Waals surface area contributed by atoms with Crippen LogP contribution in [0.4, 0.5) is 0 Å². The van der Waals surface area contributed by atoms with Gasteiger partial charge >= 0.3 is 0 Å². The Morgan fingerprint density at radius 1 is 1.70 bits per heavy atom. The van der Waals surface area contributed by atoms with Crippen molar-refractivity contribution >= 4 is 0 Å². The standard InChI is InChI=1S/C8H16O2/c1-3-8(6-9)4-5-10-7(8)2/h7,9H,3-6H2,1-2H3. The summed E-state index contributed by atoms with van der Waals surface area (Å²) >= 11 is 0. The SMILES string of the molecule is CCC1(CO)CCOC1C. The topological polar surface area (TPSA) is 29.5 Å². The van der Waals surface area contributed by atoms with Gasteiger partial charge in [0.1, 0.15) is 0 Å². The van der Waals surface area contributed by atoms with E-state index in [-0.39, 0.29) is 18.1 Å². The Morgan fingerprint density at radius 2 is 2.40 bits per heavy atom. The highest BCUT2D eigenvalue weighted by Gasteiger charge is 2.38. The maximum Gasteiger partial charge on any atom is 0.0625 e. The van der Waals surface area contributed by atoms with Crippen LogP contribution >= 0.6 is 0 Å². The zero-order valence-electron chi connectivity index (χ0n) is 6.76. The van der Waals surface area contributed by atoms with Crippen LogP contribution in [0.5, 0.6) is 0 Å². The van der Waals surface area contributed by atoms with Crippen LogP contribution in [0.1, 0.15) is 26.7 Å². The Bertz CT molecular complexity index is 108. The fourth-order valence-electron chi connectivity index (χ4n) is 1.60. The predicted molar refractivity (Wildman–Crippen MR) is 39.8 cm³/mol. The molecular formula is C8H16O2. The molecule has 0 aromatic heterocycles. The van der Waals surface area contributed by atoms with E-state index in [0.717, 1.165) is 19.4 Å². The second kappa shape index (κ2) is 2.89.